The van der Waals surface area contributed by atoms with Gasteiger partial charge in [0, 0.05) is 24.0 Å². The van der Waals surface area contributed by atoms with Gasteiger partial charge in [0.05, 0.1) is 12.1 Å². The third-order valence-electron chi connectivity index (χ3n) is 3.44. The third-order valence-corrected chi connectivity index (χ3v) is 4.40. The van der Waals surface area contributed by atoms with E-state index in [4.69, 9.17) is 0 Å². The van der Waals surface area contributed by atoms with E-state index in [0.717, 1.165) is 27.4 Å². The lowest BCUT2D eigenvalue weighted by atomic mass is 10.3. The van der Waals surface area contributed by atoms with Crippen LogP contribution in [0, 0.1) is 0 Å². The van der Waals surface area contributed by atoms with Crippen molar-refractivity contribution in [2.45, 2.75) is 12.6 Å². The lowest BCUT2D eigenvalue weighted by Gasteiger charge is -2.03. The first-order valence-corrected chi connectivity index (χ1v) is 7.90. The van der Waals surface area contributed by atoms with E-state index in [0.29, 0.717) is 11.5 Å². The molecular formula is C14H9F3N6OS. The van der Waals surface area contributed by atoms with Gasteiger partial charge >= 0.3 is 6.18 Å². The van der Waals surface area contributed by atoms with Gasteiger partial charge in [-0.25, -0.2) is 15.0 Å². The van der Waals surface area contributed by atoms with Crippen molar-refractivity contribution in [3.63, 3.8) is 0 Å². The fraction of sp³-hybridized carbons (Fsp3) is 0.143. The zero-order valence-electron chi connectivity index (χ0n) is 12.4. The summed E-state index contributed by atoms with van der Waals surface area (Å²) in [5.41, 5.74) is -0.333. The van der Waals surface area contributed by atoms with Gasteiger partial charge in [-0.3, -0.25) is 13.6 Å². The summed E-state index contributed by atoms with van der Waals surface area (Å²) in [5.74, 6) is 0.126. The number of thiazole rings is 1. The average molecular weight is 366 g/mol. The first-order chi connectivity index (χ1) is 11.9. The molecule has 128 valence electrons. The predicted molar refractivity (Wildman–Crippen MR) is 83.4 cm³/mol. The predicted octanol–water partition coefficient (Wildman–Crippen LogP) is 2.64. The van der Waals surface area contributed by atoms with Crippen molar-refractivity contribution in [1.29, 1.82) is 0 Å². The van der Waals surface area contributed by atoms with E-state index < -0.39 is 17.8 Å². The van der Waals surface area contributed by atoms with Crippen LogP contribution in [0.1, 0.15) is 11.4 Å². The molecule has 4 aromatic rings. The molecule has 0 bridgehead atoms. The number of nitrogens with one attached hydrogen (secondary N) is 1. The molecule has 0 aliphatic carbocycles. The number of aromatic nitrogens is 5. The number of rotatable bonds is 3. The normalized spacial score (nSPS) is 12.1. The quantitative estimate of drug-likeness (QED) is 0.605. The van der Waals surface area contributed by atoms with Gasteiger partial charge in [0.25, 0.3) is 0 Å². The Balaban J connectivity index is 1.54. The van der Waals surface area contributed by atoms with Gasteiger partial charge in [-0.05, 0) is 6.07 Å². The van der Waals surface area contributed by atoms with Crippen LogP contribution in [0.15, 0.2) is 36.4 Å². The van der Waals surface area contributed by atoms with Crippen LogP contribution in [0.5, 0.6) is 0 Å². The number of fused-ring (bicyclic) bond motifs is 2. The standard InChI is InChI=1S/C14H9F3N6OS/c15-14(16,17)9-6-25-12-11(19-7-23(9)12)21-10(24)4-8-5-22-3-1-2-18-13(22)20-8/h1-3,5-7H,4H2,(H,21,24). The van der Waals surface area contributed by atoms with Gasteiger partial charge < -0.3 is 5.32 Å². The maximum atomic E-state index is 12.9. The van der Waals surface area contributed by atoms with E-state index in [9.17, 15) is 18.0 Å². The highest BCUT2D eigenvalue weighted by atomic mass is 32.1. The van der Waals surface area contributed by atoms with Crippen LogP contribution in [0.2, 0.25) is 0 Å². The fourth-order valence-electron chi connectivity index (χ4n) is 2.38. The van der Waals surface area contributed by atoms with Crippen LogP contribution in [-0.2, 0) is 17.4 Å². The van der Waals surface area contributed by atoms with E-state index in [-0.39, 0.29) is 17.1 Å². The molecule has 11 heteroatoms. The van der Waals surface area contributed by atoms with Crippen LogP contribution in [0.25, 0.3) is 10.6 Å². The molecule has 0 radical (unpaired) electrons. The van der Waals surface area contributed by atoms with Gasteiger partial charge in [-0.1, -0.05) is 0 Å². The van der Waals surface area contributed by atoms with Gasteiger partial charge in [0.1, 0.15) is 16.9 Å². The Morgan fingerprint density at radius 2 is 2.16 bits per heavy atom. The average Bonchev–Trinajstić information content (AvgIpc) is 3.21. The summed E-state index contributed by atoms with van der Waals surface area (Å²) in [6.45, 7) is 0. The number of amides is 1. The summed E-state index contributed by atoms with van der Waals surface area (Å²) in [7, 11) is 0. The second-order valence-electron chi connectivity index (χ2n) is 5.17. The molecule has 0 saturated carbocycles. The minimum Gasteiger partial charge on any atom is -0.308 e. The minimum absolute atomic E-state index is 0.0418. The van der Waals surface area contributed by atoms with Crippen LogP contribution in [0.4, 0.5) is 19.0 Å². The summed E-state index contributed by atoms with van der Waals surface area (Å²) in [6, 6.07) is 1.73. The molecule has 7 nitrogen and oxygen atoms in total. The van der Waals surface area contributed by atoms with Crippen molar-refractivity contribution in [1.82, 2.24) is 23.8 Å². The molecule has 0 unspecified atom stereocenters. The van der Waals surface area contributed by atoms with E-state index in [1.807, 2.05) is 0 Å². The number of hydrogen-bond donors (Lipinski definition) is 1. The lowest BCUT2D eigenvalue weighted by molar-refractivity contribution is -0.141. The number of anilines is 1. The highest BCUT2D eigenvalue weighted by Crippen LogP contribution is 2.34. The number of halogens is 3. The van der Waals surface area contributed by atoms with Crippen molar-refractivity contribution in [2.75, 3.05) is 5.32 Å². The molecule has 0 aliphatic rings. The monoisotopic (exact) mass is 366 g/mol. The molecular weight excluding hydrogens is 357 g/mol. The van der Waals surface area contributed by atoms with Gasteiger partial charge in [0.15, 0.2) is 5.82 Å². The summed E-state index contributed by atoms with van der Waals surface area (Å²) in [6.07, 6.45) is 1.52. The van der Waals surface area contributed by atoms with Crippen LogP contribution < -0.4 is 5.32 Å². The largest absolute Gasteiger partial charge is 0.432 e. The molecule has 0 spiro atoms. The molecule has 0 atom stereocenters. The van der Waals surface area contributed by atoms with Gasteiger partial charge in [0.2, 0.25) is 11.7 Å². The topological polar surface area (TPSA) is 76.6 Å². The smallest absolute Gasteiger partial charge is 0.308 e. The molecule has 4 aromatic heterocycles. The zero-order valence-corrected chi connectivity index (χ0v) is 13.2. The first-order valence-electron chi connectivity index (χ1n) is 7.02. The molecule has 0 aliphatic heterocycles. The van der Waals surface area contributed by atoms with Crippen molar-refractivity contribution < 1.29 is 18.0 Å². The molecule has 4 rings (SSSR count). The van der Waals surface area contributed by atoms with Crippen LogP contribution >= 0.6 is 11.3 Å². The maximum Gasteiger partial charge on any atom is 0.432 e. The molecule has 0 saturated heterocycles. The number of hydrogen-bond acceptors (Lipinski definition) is 5. The minimum atomic E-state index is -4.48. The van der Waals surface area contributed by atoms with E-state index in [1.54, 1.807) is 29.1 Å². The lowest BCUT2D eigenvalue weighted by Crippen LogP contribution is -2.15. The van der Waals surface area contributed by atoms with E-state index >= 15 is 0 Å². The van der Waals surface area contributed by atoms with Crippen molar-refractivity contribution in [2.24, 2.45) is 0 Å². The molecule has 1 N–H and O–H groups in total. The second kappa shape index (κ2) is 5.55. The third kappa shape index (κ3) is 2.82. The van der Waals surface area contributed by atoms with Crippen LogP contribution in [0.3, 0.4) is 0 Å². The second-order valence-corrected chi connectivity index (χ2v) is 6.03. The number of carbonyl (C=O) groups excluding carboxylic acids is 1. The summed E-state index contributed by atoms with van der Waals surface area (Å²) in [4.78, 5) is 24.5. The highest BCUT2D eigenvalue weighted by Gasteiger charge is 2.35. The molecule has 0 fully saturated rings. The van der Waals surface area contributed by atoms with E-state index in [2.05, 4.69) is 20.3 Å². The summed E-state index contributed by atoms with van der Waals surface area (Å²) in [5, 5.41) is 3.51. The number of alkyl halides is 3. The Kier molecular flexibility index (Phi) is 3.46. The van der Waals surface area contributed by atoms with Crippen molar-refractivity contribution in [3.05, 3.63) is 47.8 Å². The molecule has 25 heavy (non-hydrogen) atoms. The maximum absolute atomic E-state index is 12.9. The van der Waals surface area contributed by atoms with Gasteiger partial charge in [-0.2, -0.15) is 13.2 Å². The Morgan fingerprint density at radius 3 is 2.92 bits per heavy atom. The number of nitrogens with zero attached hydrogens (tertiary/aromatic N) is 5. The Hall–Kier alpha value is -2.95. The van der Waals surface area contributed by atoms with Crippen LogP contribution in [-0.4, -0.2) is 29.7 Å². The Bertz CT molecular complexity index is 1050. The fourth-order valence-corrected chi connectivity index (χ4v) is 3.33. The van der Waals surface area contributed by atoms with Crippen molar-refractivity contribution >= 4 is 33.7 Å². The van der Waals surface area contributed by atoms with Crippen molar-refractivity contribution in [3.8, 4) is 0 Å². The summed E-state index contributed by atoms with van der Waals surface area (Å²) < 4.78 is 41.2. The Morgan fingerprint density at radius 1 is 1.32 bits per heavy atom. The van der Waals surface area contributed by atoms with E-state index in [1.165, 1.54) is 0 Å². The number of imidazole rings is 2. The molecule has 1 amide bonds. The number of carbonyl (C=O) groups is 1. The zero-order chi connectivity index (χ0) is 17.6. The Labute approximate surface area is 141 Å². The SMILES string of the molecule is O=C(Cc1cn2cccnc2n1)Nc1ncn2c(C(F)(F)F)csc12. The van der Waals surface area contributed by atoms with Gasteiger partial charge in [-0.15, -0.1) is 11.3 Å². The molecule has 4 heterocycles. The summed E-state index contributed by atoms with van der Waals surface area (Å²) >= 11 is 0.862. The molecule has 0 aromatic carbocycles. The first kappa shape index (κ1) is 15.6. The highest BCUT2D eigenvalue weighted by molar-refractivity contribution is 7.16.